The number of amides is 2. The molecular weight excluding hydrogens is 848 g/mol. The van der Waals surface area contributed by atoms with Gasteiger partial charge in [0.05, 0.1) is 48.1 Å². The number of likely N-dealkylation sites (tertiary alicyclic amines) is 1. The number of piperidine rings is 1. The molecule has 2 amide bonds. The lowest BCUT2D eigenvalue weighted by atomic mass is 9.99. The molecule has 3 aromatic rings. The smallest absolute Gasteiger partial charge is 0.410 e. The van der Waals surface area contributed by atoms with Gasteiger partial charge in [0.2, 0.25) is 0 Å². The first-order chi connectivity index (χ1) is 26.8. The van der Waals surface area contributed by atoms with Gasteiger partial charge in [-0.25, -0.2) is 24.2 Å². The molecule has 1 fully saturated rings. The number of aromatic nitrogens is 2. The molecule has 2 aliphatic heterocycles. The molecule has 2 aliphatic rings. The van der Waals surface area contributed by atoms with Crippen LogP contribution in [0.2, 0.25) is 0 Å². The van der Waals surface area contributed by atoms with Crippen molar-refractivity contribution in [2.75, 3.05) is 33.9 Å². The van der Waals surface area contributed by atoms with Crippen LogP contribution in [0, 0.1) is 33.1 Å². The summed E-state index contributed by atoms with van der Waals surface area (Å²) in [7, 11) is 2.70. The number of nitrogens with zero attached hydrogens (tertiary/aromatic N) is 3. The quantitative estimate of drug-likeness (QED) is 0.0767. The number of nitrogens with two attached hydrogens (primary N) is 1. The summed E-state index contributed by atoms with van der Waals surface area (Å²) in [4.78, 5) is 69.7. The maximum atomic E-state index is 12.4. The number of fused-ring (bicyclic) bond motifs is 1. The third-order valence-corrected chi connectivity index (χ3v) is 9.79. The fraction of sp³-hybridized carbons (Fsp3) is 0.500. The molecule has 5 rings (SSSR count). The van der Waals surface area contributed by atoms with Crippen LogP contribution in [0.1, 0.15) is 108 Å². The van der Waals surface area contributed by atoms with E-state index in [9.17, 15) is 24.0 Å². The van der Waals surface area contributed by atoms with Crippen molar-refractivity contribution in [2.24, 2.45) is 5.73 Å². The van der Waals surface area contributed by atoms with E-state index < -0.39 is 17.2 Å². The topological polar surface area (TPSA) is 207 Å². The van der Waals surface area contributed by atoms with E-state index in [0.717, 1.165) is 39.2 Å². The van der Waals surface area contributed by atoms with Gasteiger partial charge >= 0.3 is 24.1 Å². The Morgan fingerprint density at radius 2 is 1.25 bits per heavy atom. The van der Waals surface area contributed by atoms with Crippen LogP contribution in [0.4, 0.5) is 9.59 Å². The zero-order chi connectivity index (χ0) is 43.9. The highest BCUT2D eigenvalue weighted by atomic mass is 79.9. The molecule has 1 aromatic heterocycles. The molecule has 0 saturated carbocycles. The number of nitrogens with one attached hydrogen (secondary N) is 2. The average molecular weight is 906 g/mol. The third kappa shape index (κ3) is 14.1. The molecule has 0 bridgehead atoms. The molecule has 1 saturated heterocycles. The number of carbonyl (C=O) groups excluding carboxylic acids is 5. The summed E-state index contributed by atoms with van der Waals surface area (Å²) in [5.74, 6) is 0.0207. The van der Waals surface area contributed by atoms with Crippen molar-refractivity contribution in [1.29, 1.82) is 5.41 Å². The number of benzene rings is 2. The summed E-state index contributed by atoms with van der Waals surface area (Å²) >= 11 is 3.24. The largest absolute Gasteiger partial charge is 0.465 e. The molecule has 1 unspecified atom stereocenters. The van der Waals surface area contributed by atoms with Crippen molar-refractivity contribution in [2.45, 2.75) is 105 Å². The second kappa shape index (κ2) is 20.8. The first-order valence-electron chi connectivity index (χ1n) is 18.8. The number of ketones is 1. The van der Waals surface area contributed by atoms with Crippen LogP contribution in [-0.2, 0) is 36.7 Å². The van der Waals surface area contributed by atoms with E-state index in [1.165, 1.54) is 14.2 Å². The van der Waals surface area contributed by atoms with E-state index in [-0.39, 0.29) is 47.0 Å². The lowest BCUT2D eigenvalue weighted by Crippen LogP contribution is -2.46. The third-order valence-electron chi connectivity index (χ3n) is 8.99. The number of Topliss-reactive ketones (excluding diaryl/α,β-unsaturated/α-hetero) is 1. The standard InChI is InChI=1S/C21H27N3O4.C11H14N2O2.C10H16BrNO3.ClH/c1-12-9-13(2)15(19(25)27-6)10-14(12)18-22-16-7-8-24(11-17(16)23-18)20(26)28-21(3,4)5;1-6-4-7(2)9(11(14)15-3)5-8(6)10(12)13;1-10(2,3)15-9(14)12-5-4-8(13)7(11)6-12;/h9-10H,7-8,11H2,1-6H3,(H,22,23);4-5H,1-3H3,(H3,12,13);7H,4-6H2,1-3H3;1H. The van der Waals surface area contributed by atoms with Gasteiger partial charge in [0, 0.05) is 43.6 Å². The molecule has 15 nitrogen and oxygen atoms in total. The Kier molecular flexibility index (Phi) is 17.7. The summed E-state index contributed by atoms with van der Waals surface area (Å²) in [5.41, 5.74) is 12.2. The second-order valence-corrected chi connectivity index (χ2v) is 17.2. The average Bonchev–Trinajstić information content (AvgIpc) is 3.54. The van der Waals surface area contributed by atoms with Gasteiger partial charge in [-0.15, -0.1) is 12.4 Å². The Morgan fingerprint density at radius 1 is 0.780 bits per heavy atom. The van der Waals surface area contributed by atoms with Crippen LogP contribution in [0.3, 0.4) is 0 Å². The highest BCUT2D eigenvalue weighted by molar-refractivity contribution is 9.10. The van der Waals surface area contributed by atoms with Crippen molar-refractivity contribution in [1.82, 2.24) is 19.8 Å². The molecule has 3 heterocycles. The van der Waals surface area contributed by atoms with Gasteiger partial charge in [-0.3, -0.25) is 10.2 Å². The normalized spacial score (nSPS) is 14.9. The lowest BCUT2D eigenvalue weighted by Gasteiger charge is -2.31. The van der Waals surface area contributed by atoms with Crippen molar-refractivity contribution < 1.29 is 42.9 Å². The Morgan fingerprint density at radius 3 is 1.75 bits per heavy atom. The molecule has 0 radical (unpaired) electrons. The van der Waals surface area contributed by atoms with Gasteiger partial charge in [-0.2, -0.15) is 0 Å². The van der Waals surface area contributed by atoms with E-state index in [1.807, 2.05) is 87.4 Å². The minimum Gasteiger partial charge on any atom is -0.465 e. The number of esters is 2. The van der Waals surface area contributed by atoms with E-state index >= 15 is 0 Å². The molecule has 59 heavy (non-hydrogen) atoms. The maximum Gasteiger partial charge on any atom is 0.410 e. The number of amidine groups is 1. The first-order valence-corrected chi connectivity index (χ1v) is 19.7. The second-order valence-electron chi connectivity index (χ2n) is 16.1. The Labute approximate surface area is 361 Å². The van der Waals surface area contributed by atoms with E-state index in [2.05, 4.69) is 25.7 Å². The Balaban J connectivity index is 0.000000330. The number of aryl methyl sites for hydroxylation is 4. The summed E-state index contributed by atoms with van der Waals surface area (Å²) in [6.07, 6.45) is 0.378. The number of H-pyrrole nitrogens is 1. The first kappa shape index (κ1) is 50.2. The highest BCUT2D eigenvalue weighted by Gasteiger charge is 2.31. The molecule has 4 N–H and O–H groups in total. The van der Waals surface area contributed by atoms with Crippen molar-refractivity contribution in [3.63, 3.8) is 0 Å². The molecule has 0 spiro atoms. The molecule has 1 atom stereocenters. The zero-order valence-electron chi connectivity index (χ0n) is 36.0. The van der Waals surface area contributed by atoms with Crippen LogP contribution in [0.15, 0.2) is 24.3 Å². The van der Waals surface area contributed by atoms with Gasteiger partial charge in [0.25, 0.3) is 0 Å². The molecule has 17 heteroatoms. The monoisotopic (exact) mass is 904 g/mol. The summed E-state index contributed by atoms with van der Waals surface area (Å²) in [6, 6.07) is 7.18. The van der Waals surface area contributed by atoms with Gasteiger partial charge in [-0.05, 0) is 104 Å². The van der Waals surface area contributed by atoms with Crippen molar-refractivity contribution in [3.8, 4) is 11.4 Å². The molecule has 0 aliphatic carbocycles. The van der Waals surface area contributed by atoms with Crippen molar-refractivity contribution >= 4 is 64.1 Å². The molecular formula is C42H58BrClN6O9. The molecule has 324 valence electrons. The van der Waals surface area contributed by atoms with Crippen LogP contribution in [0.5, 0.6) is 0 Å². The van der Waals surface area contributed by atoms with Crippen molar-refractivity contribution in [3.05, 3.63) is 74.6 Å². The Hall–Kier alpha value is -4.96. The van der Waals surface area contributed by atoms with E-state index in [0.29, 0.717) is 61.5 Å². The number of carbonyl (C=O) groups is 5. The zero-order valence-corrected chi connectivity index (χ0v) is 38.4. The highest BCUT2D eigenvalue weighted by Crippen LogP contribution is 2.29. The number of alkyl halides is 1. The van der Waals surface area contributed by atoms with E-state index in [1.54, 1.807) is 15.9 Å². The number of imidazole rings is 1. The number of hydrogen-bond acceptors (Lipinski definition) is 11. The number of ether oxygens (including phenoxy) is 4. The van der Waals surface area contributed by atoms with Crippen LogP contribution < -0.4 is 5.73 Å². The molecule has 2 aromatic carbocycles. The predicted molar refractivity (Wildman–Crippen MR) is 231 cm³/mol. The number of halogens is 2. The number of nitrogen functional groups attached to an aromatic ring is 1. The summed E-state index contributed by atoms with van der Waals surface area (Å²) in [5, 5.41) is 7.37. The maximum absolute atomic E-state index is 12.4. The predicted octanol–water partition coefficient (Wildman–Crippen LogP) is 7.53. The van der Waals surface area contributed by atoms with Crippen LogP contribution in [0.25, 0.3) is 11.4 Å². The Bertz CT molecular complexity index is 2050. The van der Waals surface area contributed by atoms with Crippen LogP contribution in [-0.4, -0.2) is 105 Å². The lowest BCUT2D eigenvalue weighted by molar-refractivity contribution is -0.120. The van der Waals surface area contributed by atoms with Gasteiger partial charge < -0.3 is 39.5 Å². The summed E-state index contributed by atoms with van der Waals surface area (Å²) < 4.78 is 20.2. The number of hydrogen-bond donors (Lipinski definition) is 3. The fourth-order valence-electron chi connectivity index (χ4n) is 6.09. The number of methoxy groups -OCH3 is 2. The van der Waals surface area contributed by atoms with E-state index in [4.69, 9.17) is 30.3 Å². The minimum absolute atomic E-state index is 0. The fourth-order valence-corrected chi connectivity index (χ4v) is 6.67. The van der Waals surface area contributed by atoms with Crippen LogP contribution >= 0.6 is 28.3 Å². The van der Waals surface area contributed by atoms with Gasteiger partial charge in [0.15, 0.2) is 0 Å². The number of aromatic amines is 1. The number of rotatable bonds is 4. The van der Waals surface area contributed by atoms with Gasteiger partial charge in [0.1, 0.15) is 28.6 Å². The minimum atomic E-state index is -0.528. The van der Waals surface area contributed by atoms with Gasteiger partial charge in [-0.1, -0.05) is 28.1 Å². The summed E-state index contributed by atoms with van der Waals surface area (Å²) in [6.45, 7) is 20.4. The SMILES string of the molecule is CC(C)(C)OC(=O)N1CCC(=O)C(Br)C1.COC(=O)c1cc(-c2nc3c([nH]2)CN(C(=O)OC(C)(C)C)CC3)c(C)cc1C.COC(=O)c1cc(C(=N)N)c(C)cc1C.Cl.